The first kappa shape index (κ1) is 5.56. The van der Waals surface area contributed by atoms with Gasteiger partial charge in [0.15, 0.2) is 5.58 Å². The Morgan fingerprint density at radius 2 is 2.40 bits per heavy atom. The first-order valence-corrected chi connectivity index (χ1v) is 3.06. The number of nitrogens with one attached hydrogen (secondary N) is 1. The van der Waals surface area contributed by atoms with Gasteiger partial charge in [0.2, 0.25) is 0 Å². The van der Waals surface area contributed by atoms with Crippen molar-refractivity contribution in [1.29, 1.82) is 0 Å². The molecule has 2 rings (SSSR count). The van der Waals surface area contributed by atoms with Crippen LogP contribution in [0.1, 0.15) is 5.76 Å². The fourth-order valence-electron chi connectivity index (χ4n) is 0.985. The Morgan fingerprint density at radius 3 is 3.10 bits per heavy atom. The minimum absolute atomic E-state index is 0.0331. The van der Waals surface area contributed by atoms with Crippen LogP contribution in [0.5, 0.6) is 0 Å². The fraction of sp³-hybridized carbons (Fsp3) is 0.143. The molecule has 0 aromatic carbocycles. The van der Waals surface area contributed by atoms with Gasteiger partial charge in [-0.2, -0.15) is 0 Å². The second kappa shape index (κ2) is 1.88. The number of aromatic nitrogens is 1. The number of aromatic amines is 1. The largest absolute Gasteiger partial charge is 0.457 e. The number of hydrogen-bond donors (Lipinski definition) is 2. The Labute approximate surface area is 57.3 Å². The number of H-pyrrole nitrogens is 1. The van der Waals surface area contributed by atoms with E-state index in [4.69, 9.17) is 9.52 Å². The van der Waals surface area contributed by atoms with E-state index in [2.05, 4.69) is 4.98 Å². The van der Waals surface area contributed by atoms with Crippen molar-refractivity contribution in [3.63, 3.8) is 0 Å². The average molecular weight is 137 g/mol. The Balaban J connectivity index is 2.67. The third-order valence-electron chi connectivity index (χ3n) is 1.45. The zero-order valence-corrected chi connectivity index (χ0v) is 5.29. The number of fused-ring (bicyclic) bond motifs is 1. The van der Waals surface area contributed by atoms with E-state index < -0.39 is 0 Å². The zero-order valence-electron chi connectivity index (χ0n) is 5.29. The number of furan rings is 1. The van der Waals surface area contributed by atoms with Crippen molar-refractivity contribution in [3.8, 4) is 0 Å². The van der Waals surface area contributed by atoms with Crippen LogP contribution in [-0.2, 0) is 6.61 Å². The summed E-state index contributed by atoms with van der Waals surface area (Å²) < 4.78 is 5.18. The molecular weight excluding hydrogens is 130 g/mol. The normalized spacial score (nSPS) is 10.9. The topological polar surface area (TPSA) is 49.2 Å². The number of hydrogen-bond acceptors (Lipinski definition) is 2. The second-order valence-electron chi connectivity index (χ2n) is 2.15. The highest BCUT2D eigenvalue weighted by atomic mass is 16.4. The van der Waals surface area contributed by atoms with Gasteiger partial charge in [-0.1, -0.05) is 0 Å². The highest BCUT2D eigenvalue weighted by molar-refractivity contribution is 5.76. The molecule has 2 heterocycles. The van der Waals surface area contributed by atoms with Gasteiger partial charge in [-0.3, -0.25) is 0 Å². The van der Waals surface area contributed by atoms with Crippen molar-refractivity contribution >= 4 is 11.0 Å². The summed E-state index contributed by atoms with van der Waals surface area (Å²) in [7, 11) is 0. The summed E-state index contributed by atoms with van der Waals surface area (Å²) in [5.74, 6) is 0.610. The minimum atomic E-state index is -0.0331. The van der Waals surface area contributed by atoms with E-state index >= 15 is 0 Å². The van der Waals surface area contributed by atoms with Crippen LogP contribution in [-0.4, -0.2) is 10.1 Å². The molecule has 2 aromatic rings. The molecule has 0 bridgehead atoms. The van der Waals surface area contributed by atoms with Crippen molar-refractivity contribution < 1.29 is 9.52 Å². The van der Waals surface area contributed by atoms with E-state index in [-0.39, 0.29) is 6.61 Å². The van der Waals surface area contributed by atoms with Gasteiger partial charge in [0.05, 0.1) is 0 Å². The molecule has 0 unspecified atom stereocenters. The van der Waals surface area contributed by atoms with E-state index in [9.17, 15) is 0 Å². The van der Waals surface area contributed by atoms with Gasteiger partial charge >= 0.3 is 0 Å². The molecule has 2 aromatic heterocycles. The molecule has 3 nitrogen and oxygen atoms in total. The third kappa shape index (κ3) is 0.642. The summed E-state index contributed by atoms with van der Waals surface area (Å²) in [4.78, 5) is 2.89. The first-order chi connectivity index (χ1) is 4.90. The smallest absolute Gasteiger partial charge is 0.151 e. The molecule has 0 fully saturated rings. The maximum atomic E-state index is 8.65. The molecule has 0 saturated carbocycles. The van der Waals surface area contributed by atoms with Gasteiger partial charge in [0, 0.05) is 17.8 Å². The van der Waals surface area contributed by atoms with E-state index in [0.29, 0.717) is 5.76 Å². The maximum Gasteiger partial charge on any atom is 0.151 e. The van der Waals surface area contributed by atoms with E-state index in [1.165, 1.54) is 0 Å². The number of aliphatic hydroxyl groups excluding tert-OH is 1. The van der Waals surface area contributed by atoms with Gasteiger partial charge in [0.1, 0.15) is 12.4 Å². The lowest BCUT2D eigenvalue weighted by molar-refractivity contribution is 0.251. The molecule has 2 N–H and O–H groups in total. The fourth-order valence-corrected chi connectivity index (χ4v) is 0.985. The highest BCUT2D eigenvalue weighted by Crippen LogP contribution is 2.17. The molecule has 0 aliphatic carbocycles. The quantitative estimate of drug-likeness (QED) is 0.621. The molecule has 3 heteroatoms. The van der Waals surface area contributed by atoms with Crippen LogP contribution < -0.4 is 0 Å². The summed E-state index contributed by atoms with van der Waals surface area (Å²) in [6, 6.07) is 1.81. The SMILES string of the molecule is OCc1cc2c[nH]cc2o1. The highest BCUT2D eigenvalue weighted by Gasteiger charge is 2.00. The summed E-state index contributed by atoms with van der Waals surface area (Å²) >= 11 is 0. The molecular formula is C7H7NO2. The lowest BCUT2D eigenvalue weighted by Crippen LogP contribution is -1.73. The average Bonchev–Trinajstić information content (AvgIpc) is 2.42. The van der Waals surface area contributed by atoms with Crippen LogP contribution in [0.25, 0.3) is 11.0 Å². The van der Waals surface area contributed by atoms with Gasteiger partial charge in [-0.05, 0) is 6.07 Å². The summed E-state index contributed by atoms with van der Waals surface area (Å²) in [6.07, 6.45) is 3.59. The van der Waals surface area contributed by atoms with Crippen LogP contribution in [0.15, 0.2) is 22.9 Å². The second-order valence-corrected chi connectivity index (χ2v) is 2.15. The molecule has 0 aliphatic heterocycles. The Bertz CT molecular complexity index is 305. The lowest BCUT2D eigenvalue weighted by atomic mass is 10.4. The van der Waals surface area contributed by atoms with Crippen LogP contribution >= 0.6 is 0 Å². The van der Waals surface area contributed by atoms with Crippen molar-refractivity contribution in [2.45, 2.75) is 6.61 Å². The van der Waals surface area contributed by atoms with Crippen molar-refractivity contribution in [2.24, 2.45) is 0 Å². The molecule has 0 amide bonds. The number of aliphatic hydroxyl groups is 1. The molecule has 10 heavy (non-hydrogen) atoms. The van der Waals surface area contributed by atoms with Crippen molar-refractivity contribution in [2.75, 3.05) is 0 Å². The predicted molar refractivity (Wildman–Crippen MR) is 36.5 cm³/mol. The Morgan fingerprint density at radius 1 is 1.50 bits per heavy atom. The van der Waals surface area contributed by atoms with Gasteiger partial charge in [-0.25, -0.2) is 0 Å². The molecule has 0 radical (unpaired) electrons. The molecule has 52 valence electrons. The van der Waals surface area contributed by atoms with E-state index in [1.54, 1.807) is 6.20 Å². The van der Waals surface area contributed by atoms with Gasteiger partial charge in [-0.15, -0.1) is 0 Å². The Hall–Kier alpha value is -1.22. The number of rotatable bonds is 1. The van der Waals surface area contributed by atoms with E-state index in [0.717, 1.165) is 11.0 Å². The third-order valence-corrected chi connectivity index (χ3v) is 1.45. The Kier molecular flexibility index (Phi) is 1.05. The zero-order chi connectivity index (χ0) is 6.97. The first-order valence-electron chi connectivity index (χ1n) is 3.06. The van der Waals surface area contributed by atoms with Gasteiger partial charge in [0.25, 0.3) is 0 Å². The summed E-state index contributed by atoms with van der Waals surface area (Å²) in [5.41, 5.74) is 0.795. The molecule has 0 aliphatic rings. The monoisotopic (exact) mass is 137 g/mol. The minimum Gasteiger partial charge on any atom is -0.457 e. The van der Waals surface area contributed by atoms with Crippen LogP contribution in [0.3, 0.4) is 0 Å². The predicted octanol–water partition coefficient (Wildman–Crippen LogP) is 1.25. The molecule has 0 atom stereocenters. The summed E-state index contributed by atoms with van der Waals surface area (Å²) in [5, 5.41) is 9.66. The maximum absolute atomic E-state index is 8.65. The van der Waals surface area contributed by atoms with E-state index in [1.807, 2.05) is 12.3 Å². The van der Waals surface area contributed by atoms with Gasteiger partial charge < -0.3 is 14.5 Å². The molecule has 0 spiro atoms. The van der Waals surface area contributed by atoms with Crippen molar-refractivity contribution in [3.05, 3.63) is 24.2 Å². The van der Waals surface area contributed by atoms with Crippen LogP contribution in [0.2, 0.25) is 0 Å². The van der Waals surface area contributed by atoms with Crippen LogP contribution in [0.4, 0.5) is 0 Å². The molecule has 0 saturated heterocycles. The standard InChI is InChI=1S/C7H7NO2/c9-4-6-1-5-2-8-3-7(5)10-6/h1-3,8-9H,4H2. The summed E-state index contributed by atoms with van der Waals surface area (Å²) in [6.45, 7) is -0.0331. The van der Waals surface area contributed by atoms with Crippen LogP contribution in [0, 0.1) is 0 Å². The lowest BCUT2D eigenvalue weighted by Gasteiger charge is -1.81. The van der Waals surface area contributed by atoms with Crippen molar-refractivity contribution in [1.82, 2.24) is 4.98 Å².